The molecule has 6 nitrogen and oxygen atoms in total. The van der Waals surface area contributed by atoms with Crippen molar-refractivity contribution >= 4 is 50.4 Å². The summed E-state index contributed by atoms with van der Waals surface area (Å²) in [7, 11) is -3.15. The molecular formula is C21H20ClN3O3S3. The van der Waals surface area contributed by atoms with Crippen LogP contribution in [0.2, 0.25) is 5.02 Å². The Morgan fingerprint density at radius 3 is 2.71 bits per heavy atom. The van der Waals surface area contributed by atoms with Crippen LogP contribution >= 0.6 is 34.7 Å². The van der Waals surface area contributed by atoms with E-state index >= 15 is 0 Å². The minimum absolute atomic E-state index is 0.0393. The van der Waals surface area contributed by atoms with E-state index in [0.717, 1.165) is 10.4 Å². The van der Waals surface area contributed by atoms with Gasteiger partial charge in [0.2, 0.25) is 0 Å². The molecule has 0 saturated carbocycles. The smallest absolute Gasteiger partial charge is 0.274 e. The maximum absolute atomic E-state index is 13.5. The van der Waals surface area contributed by atoms with Crippen molar-refractivity contribution in [3.63, 3.8) is 0 Å². The van der Waals surface area contributed by atoms with Crippen LogP contribution in [0.25, 0.3) is 0 Å². The summed E-state index contributed by atoms with van der Waals surface area (Å²) < 4.78 is 24.1. The summed E-state index contributed by atoms with van der Waals surface area (Å²) in [6, 6.07) is 13.3. The summed E-state index contributed by atoms with van der Waals surface area (Å²) >= 11 is 9.24. The third-order valence-corrected chi connectivity index (χ3v) is 8.77. The van der Waals surface area contributed by atoms with E-state index in [1.165, 1.54) is 29.3 Å². The van der Waals surface area contributed by atoms with Crippen molar-refractivity contribution in [2.24, 2.45) is 0 Å². The first-order valence-corrected chi connectivity index (χ1v) is 13.7. The lowest BCUT2D eigenvalue weighted by Crippen LogP contribution is -2.41. The molecule has 0 aliphatic carbocycles. The van der Waals surface area contributed by atoms with Crippen LogP contribution in [0.3, 0.4) is 0 Å². The average molecular weight is 494 g/mol. The molecule has 162 valence electrons. The number of benzene rings is 1. The van der Waals surface area contributed by atoms with Crippen molar-refractivity contribution in [3.05, 3.63) is 75.2 Å². The highest BCUT2D eigenvalue weighted by Crippen LogP contribution is 2.27. The molecule has 0 N–H and O–H groups in total. The first-order valence-electron chi connectivity index (χ1n) is 9.64. The van der Waals surface area contributed by atoms with Crippen molar-refractivity contribution < 1.29 is 13.2 Å². The molecular weight excluding hydrogens is 474 g/mol. The lowest BCUT2D eigenvalue weighted by atomic mass is 10.2. The zero-order valence-electron chi connectivity index (χ0n) is 16.5. The van der Waals surface area contributed by atoms with E-state index in [0.29, 0.717) is 23.9 Å². The molecule has 1 saturated heterocycles. The van der Waals surface area contributed by atoms with Crippen molar-refractivity contribution in [2.45, 2.75) is 29.9 Å². The molecule has 0 radical (unpaired) electrons. The number of hydrogen-bond donors (Lipinski definition) is 0. The summed E-state index contributed by atoms with van der Waals surface area (Å²) in [5.41, 5.74) is 1.22. The summed E-state index contributed by atoms with van der Waals surface area (Å²) in [6.45, 7) is 0.323. The maximum atomic E-state index is 13.5. The molecule has 1 aliphatic heterocycles. The molecule has 0 spiro atoms. The van der Waals surface area contributed by atoms with Crippen LogP contribution in [0, 0.1) is 0 Å². The fourth-order valence-corrected chi connectivity index (χ4v) is 6.76. The number of hydrogen-bond acceptors (Lipinski definition) is 7. The van der Waals surface area contributed by atoms with E-state index in [2.05, 4.69) is 9.97 Å². The van der Waals surface area contributed by atoms with Crippen LogP contribution in [-0.4, -0.2) is 46.7 Å². The molecule has 1 atom stereocenters. The molecule has 4 rings (SSSR count). The molecule has 1 fully saturated rings. The number of halogens is 1. The van der Waals surface area contributed by atoms with Gasteiger partial charge in [0, 0.05) is 16.7 Å². The second kappa shape index (κ2) is 9.68. The number of nitrogens with zero attached hydrogens (tertiary/aromatic N) is 3. The van der Waals surface area contributed by atoms with Gasteiger partial charge in [-0.1, -0.05) is 59.8 Å². The Balaban J connectivity index is 1.58. The number of carbonyl (C=O) groups is 1. The normalized spacial score (nSPS) is 17.5. The van der Waals surface area contributed by atoms with E-state index in [1.54, 1.807) is 4.90 Å². The van der Waals surface area contributed by atoms with Gasteiger partial charge >= 0.3 is 0 Å². The van der Waals surface area contributed by atoms with Gasteiger partial charge in [0.1, 0.15) is 0 Å². The number of amides is 1. The number of carbonyl (C=O) groups excluding carboxylic acids is 1. The van der Waals surface area contributed by atoms with Crippen molar-refractivity contribution in [1.29, 1.82) is 0 Å². The monoisotopic (exact) mass is 493 g/mol. The average Bonchev–Trinajstić information content (AvgIpc) is 3.40. The summed E-state index contributed by atoms with van der Waals surface area (Å²) in [5, 5.41) is 2.54. The minimum Gasteiger partial charge on any atom is -0.328 e. The van der Waals surface area contributed by atoms with Gasteiger partial charge in [0.05, 0.1) is 29.3 Å². The number of thioether (sulfide) groups is 1. The molecule has 2 aromatic heterocycles. The van der Waals surface area contributed by atoms with Gasteiger partial charge in [-0.2, -0.15) is 0 Å². The topological polar surface area (TPSA) is 80.2 Å². The van der Waals surface area contributed by atoms with Crippen LogP contribution in [0.5, 0.6) is 0 Å². The van der Waals surface area contributed by atoms with Gasteiger partial charge in [-0.25, -0.2) is 18.4 Å². The van der Waals surface area contributed by atoms with Gasteiger partial charge in [0.15, 0.2) is 20.7 Å². The number of rotatable bonds is 7. The molecule has 1 aliphatic rings. The molecule has 31 heavy (non-hydrogen) atoms. The molecule has 1 aromatic carbocycles. The van der Waals surface area contributed by atoms with E-state index in [-0.39, 0.29) is 28.1 Å². The van der Waals surface area contributed by atoms with Crippen LogP contribution < -0.4 is 0 Å². The first kappa shape index (κ1) is 22.3. The van der Waals surface area contributed by atoms with Crippen LogP contribution in [0.1, 0.15) is 27.3 Å². The largest absolute Gasteiger partial charge is 0.328 e. The number of thiophene rings is 1. The Morgan fingerprint density at radius 2 is 2.03 bits per heavy atom. The maximum Gasteiger partial charge on any atom is 0.274 e. The zero-order valence-corrected chi connectivity index (χ0v) is 19.7. The van der Waals surface area contributed by atoms with Crippen LogP contribution in [0.15, 0.2) is 59.2 Å². The second-order valence-corrected chi connectivity index (χ2v) is 11.8. The molecule has 0 unspecified atom stereocenters. The van der Waals surface area contributed by atoms with Gasteiger partial charge in [-0.15, -0.1) is 11.3 Å². The standard InChI is InChI=1S/C21H20ClN3O3S3/c22-18-11-23-21(30-13-15-5-2-1-3-6-15)24-19(18)20(26)25(12-17-7-4-9-29-17)16-8-10-31(27,28)14-16/h1-7,9,11,16H,8,10,12-14H2/t16-/m1/s1. The van der Waals surface area contributed by atoms with Crippen LogP contribution in [0.4, 0.5) is 0 Å². The summed E-state index contributed by atoms with van der Waals surface area (Å²) in [4.78, 5) is 24.7. The highest BCUT2D eigenvalue weighted by atomic mass is 35.5. The highest BCUT2D eigenvalue weighted by Gasteiger charge is 2.36. The molecule has 3 aromatic rings. The Morgan fingerprint density at radius 1 is 1.23 bits per heavy atom. The molecule has 0 bridgehead atoms. The molecule has 1 amide bonds. The number of aromatic nitrogens is 2. The van der Waals surface area contributed by atoms with E-state index in [9.17, 15) is 13.2 Å². The zero-order chi connectivity index (χ0) is 21.8. The first-order chi connectivity index (χ1) is 14.9. The number of sulfone groups is 1. The Kier molecular flexibility index (Phi) is 6.95. The van der Waals surface area contributed by atoms with Crippen LogP contribution in [-0.2, 0) is 22.1 Å². The predicted octanol–water partition coefficient (Wildman–Crippen LogP) is 4.31. The predicted molar refractivity (Wildman–Crippen MR) is 124 cm³/mol. The van der Waals surface area contributed by atoms with E-state index in [1.807, 2.05) is 47.8 Å². The Bertz CT molecular complexity index is 1160. The quantitative estimate of drug-likeness (QED) is 0.360. The fourth-order valence-electron chi connectivity index (χ4n) is 3.39. The third-order valence-electron chi connectivity index (χ3n) is 4.95. The van der Waals surface area contributed by atoms with Gasteiger partial charge < -0.3 is 4.90 Å². The lowest BCUT2D eigenvalue weighted by molar-refractivity contribution is 0.0676. The second-order valence-electron chi connectivity index (χ2n) is 7.19. The molecule has 10 heteroatoms. The summed E-state index contributed by atoms with van der Waals surface area (Å²) in [6.07, 6.45) is 1.85. The Labute approximate surface area is 194 Å². The third kappa shape index (κ3) is 5.65. The minimum atomic E-state index is -3.15. The molecule has 3 heterocycles. The van der Waals surface area contributed by atoms with E-state index in [4.69, 9.17) is 11.6 Å². The van der Waals surface area contributed by atoms with Crippen molar-refractivity contribution in [3.8, 4) is 0 Å². The van der Waals surface area contributed by atoms with Gasteiger partial charge in [-0.3, -0.25) is 4.79 Å². The Hall–Kier alpha value is -1.94. The lowest BCUT2D eigenvalue weighted by Gasteiger charge is -2.28. The highest BCUT2D eigenvalue weighted by molar-refractivity contribution is 7.98. The summed E-state index contributed by atoms with van der Waals surface area (Å²) in [5.74, 6) is 0.337. The van der Waals surface area contributed by atoms with E-state index < -0.39 is 15.9 Å². The van der Waals surface area contributed by atoms with Crippen molar-refractivity contribution in [1.82, 2.24) is 14.9 Å². The van der Waals surface area contributed by atoms with Gasteiger partial charge in [-0.05, 0) is 23.4 Å². The van der Waals surface area contributed by atoms with Gasteiger partial charge in [0.25, 0.3) is 5.91 Å². The SMILES string of the molecule is O=C(c1nc(SCc2ccccc2)ncc1Cl)N(Cc1cccs1)[C@@H]1CCS(=O)(=O)C1. The van der Waals surface area contributed by atoms with Crippen molar-refractivity contribution in [2.75, 3.05) is 11.5 Å². The fraction of sp³-hybridized carbons (Fsp3) is 0.286.